The van der Waals surface area contributed by atoms with Crippen molar-refractivity contribution in [1.82, 2.24) is 15.1 Å². The summed E-state index contributed by atoms with van der Waals surface area (Å²) in [7, 11) is 1.95. The fraction of sp³-hybridized carbons (Fsp3) is 0.727. The number of nitrogens with one attached hydrogen (secondary N) is 1. The first-order valence-corrected chi connectivity index (χ1v) is 5.97. The van der Waals surface area contributed by atoms with Crippen LogP contribution < -0.4 is 5.32 Å². The SMILES string of the molecule is Cc1nn(C)c(CNC2CCCC2)c1Cl. The second kappa shape index (κ2) is 4.54. The normalized spacial score (nSPS) is 17.5. The fourth-order valence-electron chi connectivity index (χ4n) is 2.24. The van der Waals surface area contributed by atoms with E-state index >= 15 is 0 Å². The molecule has 1 aromatic heterocycles. The van der Waals surface area contributed by atoms with Crippen molar-refractivity contribution < 1.29 is 0 Å². The quantitative estimate of drug-likeness (QED) is 0.860. The van der Waals surface area contributed by atoms with E-state index in [4.69, 9.17) is 11.6 Å². The highest BCUT2D eigenvalue weighted by Gasteiger charge is 2.16. The lowest BCUT2D eigenvalue weighted by atomic mass is 10.2. The number of rotatable bonds is 3. The van der Waals surface area contributed by atoms with Gasteiger partial charge in [-0.1, -0.05) is 24.4 Å². The molecule has 1 N–H and O–H groups in total. The standard InChI is InChI=1S/C11H18ClN3/c1-8-11(12)10(15(2)14-8)7-13-9-5-3-4-6-9/h9,13H,3-7H2,1-2H3. The molecule has 3 nitrogen and oxygen atoms in total. The average Bonchev–Trinajstić information content (AvgIpc) is 2.76. The third-order valence-corrected chi connectivity index (χ3v) is 3.67. The maximum absolute atomic E-state index is 6.18. The number of halogens is 1. The highest BCUT2D eigenvalue weighted by atomic mass is 35.5. The molecule has 15 heavy (non-hydrogen) atoms. The first kappa shape index (κ1) is 11.0. The second-order valence-electron chi connectivity index (χ2n) is 4.33. The molecule has 1 heterocycles. The van der Waals surface area contributed by atoms with Gasteiger partial charge in [0.25, 0.3) is 0 Å². The van der Waals surface area contributed by atoms with Gasteiger partial charge in [0, 0.05) is 19.6 Å². The summed E-state index contributed by atoms with van der Waals surface area (Å²) in [4.78, 5) is 0. The molecule has 0 saturated heterocycles. The summed E-state index contributed by atoms with van der Waals surface area (Å²) >= 11 is 6.18. The van der Waals surface area contributed by atoms with Gasteiger partial charge in [0.1, 0.15) is 0 Å². The molecule has 1 aliphatic rings. The number of hydrogen-bond donors (Lipinski definition) is 1. The predicted molar refractivity (Wildman–Crippen MR) is 62.1 cm³/mol. The molecule has 2 rings (SSSR count). The van der Waals surface area contributed by atoms with Crippen molar-refractivity contribution in [3.05, 3.63) is 16.4 Å². The van der Waals surface area contributed by atoms with Crippen LogP contribution >= 0.6 is 11.6 Å². The lowest BCUT2D eigenvalue weighted by molar-refractivity contribution is 0.507. The largest absolute Gasteiger partial charge is 0.308 e. The Morgan fingerprint density at radius 2 is 2.13 bits per heavy atom. The first-order chi connectivity index (χ1) is 7.18. The maximum Gasteiger partial charge on any atom is 0.0860 e. The van der Waals surface area contributed by atoms with E-state index < -0.39 is 0 Å². The molecule has 4 heteroatoms. The van der Waals surface area contributed by atoms with Gasteiger partial charge < -0.3 is 5.32 Å². The Hall–Kier alpha value is -0.540. The Bertz CT molecular complexity index is 340. The van der Waals surface area contributed by atoms with E-state index in [0.29, 0.717) is 6.04 Å². The molecule has 0 atom stereocenters. The van der Waals surface area contributed by atoms with Crippen LogP contribution in [0.25, 0.3) is 0 Å². The zero-order chi connectivity index (χ0) is 10.8. The van der Waals surface area contributed by atoms with E-state index in [2.05, 4.69) is 10.4 Å². The van der Waals surface area contributed by atoms with Crippen molar-refractivity contribution in [2.75, 3.05) is 0 Å². The molecule has 1 fully saturated rings. The lowest BCUT2D eigenvalue weighted by Crippen LogP contribution is -2.26. The predicted octanol–water partition coefficient (Wildman–Crippen LogP) is 2.41. The molecule has 0 unspecified atom stereocenters. The maximum atomic E-state index is 6.18. The van der Waals surface area contributed by atoms with Gasteiger partial charge in [-0.05, 0) is 19.8 Å². The Labute approximate surface area is 95.8 Å². The Morgan fingerprint density at radius 1 is 1.47 bits per heavy atom. The van der Waals surface area contributed by atoms with Crippen molar-refractivity contribution in [2.45, 2.75) is 45.2 Å². The van der Waals surface area contributed by atoms with Crippen LogP contribution in [0.5, 0.6) is 0 Å². The van der Waals surface area contributed by atoms with Crippen molar-refractivity contribution in [3.63, 3.8) is 0 Å². The molecule has 0 aliphatic heterocycles. The van der Waals surface area contributed by atoms with E-state index in [-0.39, 0.29) is 0 Å². The van der Waals surface area contributed by atoms with Crippen molar-refractivity contribution in [2.24, 2.45) is 7.05 Å². The zero-order valence-corrected chi connectivity index (χ0v) is 10.1. The fourth-order valence-corrected chi connectivity index (χ4v) is 2.47. The molecule has 84 valence electrons. The molecule has 0 radical (unpaired) electrons. The van der Waals surface area contributed by atoms with Crippen molar-refractivity contribution >= 4 is 11.6 Å². The van der Waals surface area contributed by atoms with Gasteiger partial charge in [-0.2, -0.15) is 5.10 Å². The molecular weight excluding hydrogens is 210 g/mol. The van der Waals surface area contributed by atoms with Crippen LogP contribution in [0.1, 0.15) is 37.1 Å². The van der Waals surface area contributed by atoms with Crippen LogP contribution in [0, 0.1) is 6.92 Å². The van der Waals surface area contributed by atoms with Crippen molar-refractivity contribution in [1.29, 1.82) is 0 Å². The van der Waals surface area contributed by atoms with Crippen LogP contribution in [-0.2, 0) is 13.6 Å². The van der Waals surface area contributed by atoms with Gasteiger partial charge in [0.05, 0.1) is 16.4 Å². The highest BCUT2D eigenvalue weighted by Crippen LogP contribution is 2.21. The van der Waals surface area contributed by atoms with E-state index in [1.54, 1.807) is 0 Å². The molecule has 1 aromatic rings. The van der Waals surface area contributed by atoms with E-state index in [1.165, 1.54) is 25.7 Å². The molecular formula is C11H18ClN3. The van der Waals surface area contributed by atoms with Gasteiger partial charge in [0.2, 0.25) is 0 Å². The van der Waals surface area contributed by atoms with Crippen molar-refractivity contribution in [3.8, 4) is 0 Å². The average molecular weight is 228 g/mol. The van der Waals surface area contributed by atoms with Crippen LogP contribution in [0.4, 0.5) is 0 Å². The summed E-state index contributed by atoms with van der Waals surface area (Å²) in [5.41, 5.74) is 2.02. The molecule has 0 aromatic carbocycles. The van der Waals surface area contributed by atoms with Crippen LogP contribution in [0.15, 0.2) is 0 Å². The third-order valence-electron chi connectivity index (χ3n) is 3.17. The molecule has 1 aliphatic carbocycles. The number of aromatic nitrogens is 2. The van der Waals surface area contributed by atoms with Gasteiger partial charge in [-0.25, -0.2) is 0 Å². The Balaban J connectivity index is 1.97. The molecule has 1 saturated carbocycles. The van der Waals surface area contributed by atoms with E-state index in [1.807, 2.05) is 18.7 Å². The smallest absolute Gasteiger partial charge is 0.0860 e. The van der Waals surface area contributed by atoms with E-state index in [9.17, 15) is 0 Å². The number of aryl methyl sites for hydroxylation is 2. The second-order valence-corrected chi connectivity index (χ2v) is 4.71. The summed E-state index contributed by atoms with van der Waals surface area (Å²) in [5.74, 6) is 0. The zero-order valence-electron chi connectivity index (χ0n) is 9.39. The third kappa shape index (κ3) is 2.34. The number of hydrogen-bond acceptors (Lipinski definition) is 2. The lowest BCUT2D eigenvalue weighted by Gasteiger charge is -2.11. The monoisotopic (exact) mass is 227 g/mol. The Morgan fingerprint density at radius 3 is 2.67 bits per heavy atom. The topological polar surface area (TPSA) is 29.9 Å². The summed E-state index contributed by atoms with van der Waals surface area (Å²) in [5, 5.41) is 8.66. The van der Waals surface area contributed by atoms with Crippen LogP contribution in [0.3, 0.4) is 0 Å². The van der Waals surface area contributed by atoms with E-state index in [0.717, 1.165) is 23.0 Å². The molecule has 0 spiro atoms. The minimum Gasteiger partial charge on any atom is -0.308 e. The van der Waals surface area contributed by atoms with Gasteiger partial charge >= 0.3 is 0 Å². The Kier molecular flexibility index (Phi) is 3.32. The van der Waals surface area contributed by atoms with Crippen LogP contribution in [0.2, 0.25) is 5.02 Å². The summed E-state index contributed by atoms with van der Waals surface area (Å²) in [6.45, 7) is 2.78. The first-order valence-electron chi connectivity index (χ1n) is 5.60. The minimum atomic E-state index is 0.677. The number of nitrogens with zero attached hydrogens (tertiary/aromatic N) is 2. The minimum absolute atomic E-state index is 0.677. The summed E-state index contributed by atoms with van der Waals surface area (Å²) in [6.07, 6.45) is 5.31. The molecule has 0 amide bonds. The van der Waals surface area contributed by atoms with Gasteiger partial charge in [-0.3, -0.25) is 4.68 Å². The highest BCUT2D eigenvalue weighted by molar-refractivity contribution is 6.31. The summed E-state index contributed by atoms with van der Waals surface area (Å²) < 4.78 is 1.87. The van der Waals surface area contributed by atoms with Gasteiger partial charge in [0.15, 0.2) is 0 Å². The summed E-state index contributed by atoms with van der Waals surface area (Å²) in [6, 6.07) is 0.677. The van der Waals surface area contributed by atoms with Gasteiger partial charge in [-0.15, -0.1) is 0 Å². The molecule has 0 bridgehead atoms. The van der Waals surface area contributed by atoms with Crippen LogP contribution in [-0.4, -0.2) is 15.8 Å².